The molecule has 1 aliphatic rings. The molecule has 1 aliphatic heterocycles. The zero-order valence-corrected chi connectivity index (χ0v) is 15.5. The Morgan fingerprint density at radius 2 is 2.17 bits per heavy atom. The van der Waals surface area contributed by atoms with Crippen LogP contribution in [0.1, 0.15) is 27.2 Å². The van der Waals surface area contributed by atoms with E-state index in [1.807, 2.05) is 42.3 Å². The minimum Gasteiger partial charge on any atom is -0.310 e. The lowest BCUT2D eigenvalue weighted by molar-refractivity contribution is -0.121. The lowest BCUT2D eigenvalue weighted by atomic mass is 10.0. The van der Waals surface area contributed by atoms with Crippen LogP contribution in [-0.2, 0) is 4.79 Å². The number of amides is 1. The molecule has 1 aromatic carbocycles. The lowest BCUT2D eigenvalue weighted by Gasteiger charge is -2.34. The van der Waals surface area contributed by atoms with E-state index in [2.05, 4.69) is 23.7 Å². The molecule has 1 amide bonds. The standard InChI is InChI=1S/C19H26ClN3O/c1-4-21-13-16(15(2)3)8-9-22-10-11-23(19(24)14-22)18-7-5-6-17(20)12-18/h4-7,12-13,15H,8-11,14H2,1-3H3/b16-13-,21-4?. The number of halogens is 1. The molecule has 0 atom stereocenters. The predicted octanol–water partition coefficient (Wildman–Crippen LogP) is 4.01. The Labute approximate surface area is 149 Å². The van der Waals surface area contributed by atoms with Gasteiger partial charge in [0.1, 0.15) is 0 Å². The Kier molecular flexibility index (Phi) is 7.00. The summed E-state index contributed by atoms with van der Waals surface area (Å²) in [4.78, 5) is 20.7. The third kappa shape index (κ3) is 5.18. The van der Waals surface area contributed by atoms with Gasteiger partial charge in [-0.2, -0.15) is 0 Å². The third-order valence-electron chi connectivity index (χ3n) is 4.27. The predicted molar refractivity (Wildman–Crippen MR) is 102 cm³/mol. The molecule has 2 rings (SSSR count). The number of nitrogens with zero attached hydrogens (tertiary/aromatic N) is 3. The van der Waals surface area contributed by atoms with Gasteiger partial charge in [0.05, 0.1) is 6.54 Å². The zero-order valence-electron chi connectivity index (χ0n) is 14.7. The van der Waals surface area contributed by atoms with E-state index in [4.69, 9.17) is 11.6 Å². The second kappa shape index (κ2) is 9.00. The van der Waals surface area contributed by atoms with E-state index in [1.54, 1.807) is 6.21 Å². The van der Waals surface area contributed by atoms with Crippen LogP contribution in [-0.4, -0.2) is 43.2 Å². The number of anilines is 1. The molecular weight excluding hydrogens is 322 g/mol. The molecule has 0 spiro atoms. The molecule has 0 bridgehead atoms. The number of benzene rings is 1. The average molecular weight is 348 g/mol. The van der Waals surface area contributed by atoms with Crippen LogP contribution in [0.2, 0.25) is 5.02 Å². The van der Waals surface area contributed by atoms with Gasteiger partial charge in [-0.3, -0.25) is 14.7 Å². The summed E-state index contributed by atoms with van der Waals surface area (Å²) >= 11 is 6.03. The third-order valence-corrected chi connectivity index (χ3v) is 4.50. The van der Waals surface area contributed by atoms with Crippen LogP contribution in [0.3, 0.4) is 0 Å². The van der Waals surface area contributed by atoms with Gasteiger partial charge in [0, 0.05) is 42.8 Å². The fourth-order valence-corrected chi connectivity index (χ4v) is 2.97. The first-order valence-corrected chi connectivity index (χ1v) is 8.84. The number of hydrogen-bond donors (Lipinski definition) is 0. The highest BCUT2D eigenvalue weighted by Crippen LogP contribution is 2.22. The van der Waals surface area contributed by atoms with E-state index in [0.717, 1.165) is 25.2 Å². The van der Waals surface area contributed by atoms with Crippen molar-refractivity contribution in [3.63, 3.8) is 0 Å². The van der Waals surface area contributed by atoms with Gasteiger partial charge < -0.3 is 4.90 Å². The topological polar surface area (TPSA) is 35.9 Å². The van der Waals surface area contributed by atoms with Gasteiger partial charge in [0.2, 0.25) is 5.91 Å². The molecule has 0 aliphatic carbocycles. The van der Waals surface area contributed by atoms with Crippen LogP contribution >= 0.6 is 11.6 Å². The zero-order chi connectivity index (χ0) is 17.5. The second-order valence-electron chi connectivity index (χ2n) is 6.32. The molecule has 4 nitrogen and oxygen atoms in total. The van der Waals surface area contributed by atoms with E-state index < -0.39 is 0 Å². The maximum atomic E-state index is 12.5. The van der Waals surface area contributed by atoms with Crippen LogP contribution in [0.4, 0.5) is 5.69 Å². The van der Waals surface area contributed by atoms with Gasteiger partial charge >= 0.3 is 0 Å². The Bertz CT molecular complexity index is 625. The summed E-state index contributed by atoms with van der Waals surface area (Å²) in [5, 5.41) is 0.658. The maximum Gasteiger partial charge on any atom is 0.241 e. The van der Waals surface area contributed by atoms with E-state index in [1.165, 1.54) is 5.57 Å². The highest BCUT2D eigenvalue weighted by Gasteiger charge is 2.25. The van der Waals surface area contributed by atoms with Crippen molar-refractivity contribution < 1.29 is 4.79 Å². The number of carbonyl (C=O) groups excluding carboxylic acids is 1. The van der Waals surface area contributed by atoms with E-state index in [0.29, 0.717) is 24.0 Å². The molecule has 130 valence electrons. The first-order chi connectivity index (χ1) is 11.5. The van der Waals surface area contributed by atoms with Crippen molar-refractivity contribution in [2.24, 2.45) is 10.9 Å². The maximum absolute atomic E-state index is 12.5. The highest BCUT2D eigenvalue weighted by atomic mass is 35.5. The van der Waals surface area contributed by atoms with Crippen molar-refractivity contribution in [2.45, 2.75) is 27.2 Å². The van der Waals surface area contributed by atoms with Crippen LogP contribution in [0, 0.1) is 5.92 Å². The van der Waals surface area contributed by atoms with Gasteiger partial charge in [-0.25, -0.2) is 0 Å². The molecule has 0 saturated carbocycles. The number of hydrogen-bond acceptors (Lipinski definition) is 3. The Morgan fingerprint density at radius 1 is 1.38 bits per heavy atom. The minimum absolute atomic E-state index is 0.130. The number of aliphatic imine (C=N–C) groups is 1. The van der Waals surface area contributed by atoms with Crippen LogP contribution in [0.15, 0.2) is 41.0 Å². The van der Waals surface area contributed by atoms with Gasteiger partial charge in [-0.1, -0.05) is 31.5 Å². The molecule has 0 aromatic heterocycles. The van der Waals surface area contributed by atoms with Gasteiger partial charge in [0.25, 0.3) is 0 Å². The Hall–Kier alpha value is -1.65. The largest absolute Gasteiger partial charge is 0.310 e. The molecule has 5 heteroatoms. The fourth-order valence-electron chi connectivity index (χ4n) is 2.79. The van der Waals surface area contributed by atoms with Crippen molar-refractivity contribution in [3.05, 3.63) is 41.1 Å². The number of rotatable bonds is 6. The van der Waals surface area contributed by atoms with Crippen molar-refractivity contribution in [1.82, 2.24) is 4.90 Å². The van der Waals surface area contributed by atoms with Gasteiger partial charge in [0.15, 0.2) is 0 Å². The lowest BCUT2D eigenvalue weighted by Crippen LogP contribution is -2.50. The van der Waals surface area contributed by atoms with Gasteiger partial charge in [-0.15, -0.1) is 0 Å². The molecular formula is C19H26ClN3O. The van der Waals surface area contributed by atoms with Crippen LogP contribution < -0.4 is 4.90 Å². The molecule has 1 saturated heterocycles. The summed E-state index contributed by atoms with van der Waals surface area (Å²) in [5.74, 6) is 0.599. The quantitative estimate of drug-likeness (QED) is 0.729. The monoisotopic (exact) mass is 347 g/mol. The van der Waals surface area contributed by atoms with Crippen LogP contribution in [0.25, 0.3) is 0 Å². The molecule has 0 radical (unpaired) electrons. The Morgan fingerprint density at radius 3 is 2.79 bits per heavy atom. The molecule has 1 fully saturated rings. The van der Waals surface area contributed by atoms with Crippen molar-refractivity contribution >= 4 is 29.4 Å². The van der Waals surface area contributed by atoms with E-state index >= 15 is 0 Å². The summed E-state index contributed by atoms with van der Waals surface area (Å²) in [6.45, 7) is 9.20. The Balaban J connectivity index is 1.92. The summed E-state index contributed by atoms with van der Waals surface area (Å²) in [6.07, 6.45) is 4.70. The van der Waals surface area contributed by atoms with Gasteiger partial charge in [-0.05, 0) is 43.0 Å². The van der Waals surface area contributed by atoms with E-state index in [9.17, 15) is 4.79 Å². The highest BCUT2D eigenvalue weighted by molar-refractivity contribution is 6.30. The van der Waals surface area contributed by atoms with E-state index in [-0.39, 0.29) is 5.91 Å². The summed E-state index contributed by atoms with van der Waals surface area (Å²) in [7, 11) is 0. The molecule has 0 N–H and O–H groups in total. The summed E-state index contributed by atoms with van der Waals surface area (Å²) < 4.78 is 0. The fraction of sp³-hybridized carbons (Fsp3) is 0.474. The SMILES string of the molecule is CC=N/C=C(/CCN1CCN(c2cccc(Cl)c2)C(=O)C1)C(C)C. The second-order valence-corrected chi connectivity index (χ2v) is 6.75. The van der Waals surface area contributed by atoms with Crippen molar-refractivity contribution in [1.29, 1.82) is 0 Å². The molecule has 1 aromatic rings. The minimum atomic E-state index is 0.130. The number of piperazine rings is 1. The normalized spacial score (nSPS) is 17.3. The summed E-state index contributed by atoms with van der Waals surface area (Å²) in [6, 6.07) is 7.48. The van der Waals surface area contributed by atoms with Crippen molar-refractivity contribution in [3.8, 4) is 0 Å². The molecule has 0 unspecified atom stereocenters. The van der Waals surface area contributed by atoms with Crippen molar-refractivity contribution in [2.75, 3.05) is 31.1 Å². The first kappa shape index (κ1) is 18.7. The molecule has 24 heavy (non-hydrogen) atoms. The van der Waals surface area contributed by atoms with Crippen LogP contribution in [0.5, 0.6) is 0 Å². The average Bonchev–Trinajstić information content (AvgIpc) is 2.54. The first-order valence-electron chi connectivity index (χ1n) is 8.46. The summed E-state index contributed by atoms with van der Waals surface area (Å²) in [5.41, 5.74) is 2.20. The number of carbonyl (C=O) groups is 1. The molecule has 1 heterocycles. The smallest absolute Gasteiger partial charge is 0.241 e.